The minimum absolute atomic E-state index is 0. The first-order chi connectivity index (χ1) is 12.7. The first kappa shape index (κ1) is 24.4. The maximum atomic E-state index is 12.1. The second-order valence-corrected chi connectivity index (χ2v) is 8.64. The van der Waals surface area contributed by atoms with E-state index in [4.69, 9.17) is 4.74 Å². The molecule has 1 aliphatic carbocycles. The van der Waals surface area contributed by atoms with Gasteiger partial charge in [0.15, 0.2) is 5.96 Å². The molecule has 1 aromatic rings. The Balaban J connectivity index is 0.00000364. The van der Waals surface area contributed by atoms with Gasteiger partial charge in [0.2, 0.25) is 0 Å². The maximum absolute atomic E-state index is 12.1. The summed E-state index contributed by atoms with van der Waals surface area (Å²) in [4.78, 5) is 4.37. The van der Waals surface area contributed by atoms with Crippen molar-refractivity contribution in [3.05, 3.63) is 35.4 Å². The molecule has 3 unspecified atom stereocenters. The van der Waals surface area contributed by atoms with Crippen LogP contribution in [0, 0.1) is 0 Å². The first-order valence-corrected chi connectivity index (χ1v) is 11.0. The summed E-state index contributed by atoms with van der Waals surface area (Å²) in [6, 6.07) is 8.66. The van der Waals surface area contributed by atoms with Gasteiger partial charge in [-0.25, -0.2) is 0 Å². The number of ether oxygens (including phenoxy) is 1. The van der Waals surface area contributed by atoms with Gasteiger partial charge in [-0.1, -0.05) is 37.6 Å². The maximum Gasteiger partial charge on any atom is 0.191 e. The van der Waals surface area contributed by atoms with Crippen LogP contribution in [0.5, 0.6) is 0 Å². The molecule has 0 aliphatic heterocycles. The van der Waals surface area contributed by atoms with E-state index in [1.165, 1.54) is 11.1 Å². The first-order valence-electron chi connectivity index (χ1n) is 9.66. The summed E-state index contributed by atoms with van der Waals surface area (Å²) < 4.78 is 17.7. The predicted octanol–water partition coefficient (Wildman–Crippen LogP) is 3.59. The van der Waals surface area contributed by atoms with E-state index in [1.807, 2.05) is 19.9 Å². The Morgan fingerprint density at radius 1 is 1.26 bits per heavy atom. The Bertz CT molecular complexity index is 613. The smallest absolute Gasteiger partial charge is 0.191 e. The fourth-order valence-corrected chi connectivity index (χ4v) is 4.75. The van der Waals surface area contributed by atoms with Crippen molar-refractivity contribution >= 4 is 40.7 Å². The molecule has 3 atom stereocenters. The standard InChI is InChI=1S/C20H33N3O2S.HI/c1-4-25-15-17-10-7-6-9-16(17)14-22-20(21-3)23-18-11-8-12-19(13-18)26(24)5-2;/h6-7,9-10,18-19H,4-5,8,11-15H2,1-3H3,(H2,21,22,23);1H. The molecular weight excluding hydrogens is 473 g/mol. The quantitative estimate of drug-likeness (QED) is 0.321. The number of hydrogen-bond acceptors (Lipinski definition) is 3. The van der Waals surface area contributed by atoms with Crippen LogP contribution < -0.4 is 10.6 Å². The van der Waals surface area contributed by atoms with Crippen LogP contribution in [0.1, 0.15) is 50.7 Å². The van der Waals surface area contributed by atoms with E-state index in [0.717, 1.165) is 37.4 Å². The van der Waals surface area contributed by atoms with Gasteiger partial charge in [-0.2, -0.15) is 0 Å². The predicted molar refractivity (Wildman–Crippen MR) is 125 cm³/mol. The number of nitrogens with one attached hydrogen (secondary N) is 2. The second-order valence-electron chi connectivity index (χ2n) is 6.63. The van der Waals surface area contributed by atoms with Crippen LogP contribution in [0.15, 0.2) is 29.3 Å². The molecule has 2 N–H and O–H groups in total. The lowest BCUT2D eigenvalue weighted by Gasteiger charge is -2.30. The third kappa shape index (κ3) is 8.07. The second kappa shape index (κ2) is 13.5. The van der Waals surface area contributed by atoms with Crippen LogP contribution in [0.3, 0.4) is 0 Å². The van der Waals surface area contributed by atoms with Crippen LogP contribution in [0.2, 0.25) is 0 Å². The fourth-order valence-electron chi connectivity index (χ4n) is 3.40. The summed E-state index contributed by atoms with van der Waals surface area (Å²) in [6.45, 7) is 6.07. The minimum atomic E-state index is -0.705. The molecule has 0 amide bonds. The van der Waals surface area contributed by atoms with Gasteiger partial charge in [-0.3, -0.25) is 9.20 Å². The van der Waals surface area contributed by atoms with Crippen molar-refractivity contribution in [3.63, 3.8) is 0 Å². The summed E-state index contributed by atoms with van der Waals surface area (Å²) in [5, 5.41) is 7.25. The highest BCUT2D eigenvalue weighted by molar-refractivity contribution is 14.0. The average molecular weight is 507 g/mol. The van der Waals surface area contributed by atoms with Crippen LogP contribution in [0.4, 0.5) is 0 Å². The Morgan fingerprint density at radius 3 is 2.67 bits per heavy atom. The number of benzene rings is 1. The minimum Gasteiger partial charge on any atom is -0.377 e. The van der Waals surface area contributed by atoms with Gasteiger partial charge in [-0.15, -0.1) is 24.0 Å². The van der Waals surface area contributed by atoms with Crippen molar-refractivity contribution in [1.29, 1.82) is 0 Å². The molecule has 1 aromatic carbocycles. The highest BCUT2D eigenvalue weighted by Gasteiger charge is 2.26. The summed E-state index contributed by atoms with van der Waals surface area (Å²) in [5.41, 5.74) is 2.42. The topological polar surface area (TPSA) is 62.7 Å². The number of aliphatic imine (C=N–C) groups is 1. The molecule has 2 rings (SSSR count). The molecule has 27 heavy (non-hydrogen) atoms. The van der Waals surface area contributed by atoms with Gasteiger partial charge in [0.25, 0.3) is 0 Å². The van der Waals surface area contributed by atoms with Gasteiger partial charge in [0.05, 0.1) is 6.61 Å². The molecule has 0 heterocycles. The van der Waals surface area contributed by atoms with Crippen LogP contribution >= 0.6 is 24.0 Å². The molecule has 0 radical (unpaired) electrons. The van der Waals surface area contributed by atoms with Gasteiger partial charge in [-0.05, 0) is 37.3 Å². The van der Waals surface area contributed by atoms with E-state index in [9.17, 15) is 4.21 Å². The van der Waals surface area contributed by atoms with Gasteiger partial charge >= 0.3 is 0 Å². The van der Waals surface area contributed by atoms with E-state index < -0.39 is 10.8 Å². The summed E-state index contributed by atoms with van der Waals surface area (Å²) in [6.07, 6.45) is 4.28. The van der Waals surface area contributed by atoms with Crippen molar-refractivity contribution in [3.8, 4) is 0 Å². The van der Waals surface area contributed by atoms with E-state index in [-0.39, 0.29) is 24.0 Å². The van der Waals surface area contributed by atoms with E-state index >= 15 is 0 Å². The molecule has 0 spiro atoms. The van der Waals surface area contributed by atoms with E-state index in [1.54, 1.807) is 7.05 Å². The average Bonchev–Trinajstić information content (AvgIpc) is 2.69. The van der Waals surface area contributed by atoms with Crippen molar-refractivity contribution in [2.75, 3.05) is 19.4 Å². The van der Waals surface area contributed by atoms with Crippen molar-refractivity contribution in [1.82, 2.24) is 10.6 Å². The molecule has 1 saturated carbocycles. The van der Waals surface area contributed by atoms with Crippen molar-refractivity contribution < 1.29 is 8.95 Å². The monoisotopic (exact) mass is 507 g/mol. The fraction of sp³-hybridized carbons (Fsp3) is 0.650. The summed E-state index contributed by atoms with van der Waals surface area (Å²) in [7, 11) is 1.09. The van der Waals surface area contributed by atoms with E-state index in [0.29, 0.717) is 31.1 Å². The lowest BCUT2D eigenvalue weighted by Crippen LogP contribution is -2.46. The van der Waals surface area contributed by atoms with Gasteiger partial charge in [0, 0.05) is 48.0 Å². The molecule has 1 fully saturated rings. The van der Waals surface area contributed by atoms with Crippen molar-refractivity contribution in [2.45, 2.75) is 64.0 Å². The molecular formula is C20H34IN3O2S. The number of hydrogen-bond donors (Lipinski definition) is 2. The number of nitrogens with zero attached hydrogens (tertiary/aromatic N) is 1. The Kier molecular flexibility index (Phi) is 12.2. The largest absolute Gasteiger partial charge is 0.377 e. The summed E-state index contributed by atoms with van der Waals surface area (Å²) in [5.74, 6) is 1.56. The zero-order chi connectivity index (χ0) is 18.8. The molecule has 154 valence electrons. The van der Waals surface area contributed by atoms with Crippen LogP contribution in [-0.2, 0) is 28.7 Å². The highest BCUT2D eigenvalue weighted by Crippen LogP contribution is 2.23. The molecule has 0 saturated heterocycles. The third-order valence-electron chi connectivity index (χ3n) is 4.87. The lowest BCUT2D eigenvalue weighted by atomic mass is 9.95. The Labute approximate surface area is 183 Å². The highest BCUT2D eigenvalue weighted by atomic mass is 127. The number of rotatable bonds is 8. The summed E-state index contributed by atoms with van der Waals surface area (Å²) >= 11 is 0. The molecule has 5 nitrogen and oxygen atoms in total. The normalized spacial score (nSPS) is 21.2. The SMILES string of the molecule is CCOCc1ccccc1CNC(=NC)NC1CCCC(S(=O)CC)C1.I. The van der Waals surface area contributed by atoms with Crippen molar-refractivity contribution in [2.24, 2.45) is 4.99 Å². The molecule has 1 aliphatic rings. The van der Waals surface area contributed by atoms with Gasteiger partial charge < -0.3 is 15.4 Å². The lowest BCUT2D eigenvalue weighted by molar-refractivity contribution is 0.133. The molecule has 7 heteroatoms. The van der Waals surface area contributed by atoms with Crippen LogP contribution in [-0.4, -0.2) is 40.9 Å². The van der Waals surface area contributed by atoms with E-state index in [2.05, 4.69) is 33.8 Å². The Hall–Kier alpha value is -0.670. The number of halogens is 1. The number of guanidine groups is 1. The Morgan fingerprint density at radius 2 is 2.00 bits per heavy atom. The zero-order valence-electron chi connectivity index (χ0n) is 16.7. The van der Waals surface area contributed by atoms with Crippen LogP contribution in [0.25, 0.3) is 0 Å². The molecule has 0 bridgehead atoms. The van der Waals surface area contributed by atoms with Gasteiger partial charge in [0.1, 0.15) is 0 Å². The zero-order valence-corrected chi connectivity index (χ0v) is 19.8. The third-order valence-corrected chi connectivity index (χ3v) is 6.61. The molecule has 0 aromatic heterocycles.